The standard InChI is InChI=1S/C15H18ClN3O/c1-11(20)8-9-19(2)14-10-13(16)17-15(18-14)12-6-4-3-5-7-12/h3-7,10-11,20H,8-9H2,1-2H3. The molecule has 1 aromatic heterocycles. The molecule has 0 bridgehead atoms. The van der Waals surface area contributed by atoms with Gasteiger partial charge in [0.15, 0.2) is 5.82 Å². The van der Waals surface area contributed by atoms with Crippen LogP contribution in [0, 0.1) is 0 Å². The van der Waals surface area contributed by atoms with Crippen LogP contribution in [0.25, 0.3) is 11.4 Å². The third kappa shape index (κ3) is 3.92. The molecular weight excluding hydrogens is 274 g/mol. The number of hydrogen-bond donors (Lipinski definition) is 1. The number of benzene rings is 1. The molecule has 0 spiro atoms. The van der Waals surface area contributed by atoms with Gasteiger partial charge >= 0.3 is 0 Å². The average molecular weight is 292 g/mol. The predicted octanol–water partition coefficient (Wildman–Crippen LogP) is 3.00. The molecular formula is C15H18ClN3O. The van der Waals surface area contributed by atoms with Gasteiger partial charge in [0.25, 0.3) is 0 Å². The quantitative estimate of drug-likeness (QED) is 0.861. The molecule has 1 N–H and O–H groups in total. The highest BCUT2D eigenvalue weighted by Gasteiger charge is 2.09. The van der Waals surface area contributed by atoms with Crippen molar-refractivity contribution in [2.45, 2.75) is 19.4 Å². The predicted molar refractivity (Wildman–Crippen MR) is 82.0 cm³/mol. The molecule has 0 fully saturated rings. The van der Waals surface area contributed by atoms with Gasteiger partial charge in [-0.3, -0.25) is 0 Å². The van der Waals surface area contributed by atoms with E-state index in [9.17, 15) is 5.11 Å². The zero-order chi connectivity index (χ0) is 14.5. The van der Waals surface area contributed by atoms with Crippen molar-refractivity contribution in [3.8, 4) is 11.4 Å². The summed E-state index contributed by atoms with van der Waals surface area (Å²) in [4.78, 5) is 10.8. The van der Waals surface area contributed by atoms with Crippen LogP contribution in [-0.4, -0.2) is 34.8 Å². The molecule has 4 nitrogen and oxygen atoms in total. The number of aliphatic hydroxyl groups excluding tert-OH is 1. The normalized spacial score (nSPS) is 12.2. The van der Waals surface area contributed by atoms with E-state index in [2.05, 4.69) is 9.97 Å². The maximum atomic E-state index is 9.35. The fraction of sp³-hybridized carbons (Fsp3) is 0.333. The van der Waals surface area contributed by atoms with Crippen LogP contribution in [0.3, 0.4) is 0 Å². The zero-order valence-corrected chi connectivity index (χ0v) is 12.4. The number of rotatable bonds is 5. The van der Waals surface area contributed by atoms with Crippen LogP contribution in [0.5, 0.6) is 0 Å². The van der Waals surface area contributed by atoms with Gasteiger partial charge in [0.05, 0.1) is 6.10 Å². The topological polar surface area (TPSA) is 49.2 Å². The van der Waals surface area contributed by atoms with Gasteiger partial charge in [-0.05, 0) is 13.3 Å². The second-order valence-electron chi connectivity index (χ2n) is 4.80. The molecule has 1 aromatic carbocycles. The third-order valence-electron chi connectivity index (χ3n) is 2.99. The molecule has 0 radical (unpaired) electrons. The van der Waals surface area contributed by atoms with Gasteiger partial charge in [-0.15, -0.1) is 0 Å². The lowest BCUT2D eigenvalue weighted by Crippen LogP contribution is -2.23. The van der Waals surface area contributed by atoms with Crippen molar-refractivity contribution >= 4 is 17.4 Å². The minimum Gasteiger partial charge on any atom is -0.393 e. The number of halogens is 1. The fourth-order valence-corrected chi connectivity index (χ4v) is 1.99. The highest BCUT2D eigenvalue weighted by molar-refractivity contribution is 6.29. The first-order chi connectivity index (χ1) is 9.56. The Morgan fingerprint density at radius 3 is 2.60 bits per heavy atom. The van der Waals surface area contributed by atoms with Crippen molar-refractivity contribution in [3.63, 3.8) is 0 Å². The largest absolute Gasteiger partial charge is 0.393 e. The van der Waals surface area contributed by atoms with Gasteiger partial charge in [0.1, 0.15) is 11.0 Å². The van der Waals surface area contributed by atoms with Crippen molar-refractivity contribution in [1.29, 1.82) is 0 Å². The van der Waals surface area contributed by atoms with E-state index in [4.69, 9.17) is 11.6 Å². The molecule has 20 heavy (non-hydrogen) atoms. The molecule has 0 aliphatic rings. The first-order valence-corrected chi connectivity index (χ1v) is 6.93. The van der Waals surface area contributed by atoms with Gasteiger partial charge in [-0.1, -0.05) is 41.9 Å². The van der Waals surface area contributed by atoms with Crippen LogP contribution in [0.1, 0.15) is 13.3 Å². The van der Waals surface area contributed by atoms with Gasteiger partial charge in [-0.2, -0.15) is 0 Å². The zero-order valence-electron chi connectivity index (χ0n) is 11.6. The lowest BCUT2D eigenvalue weighted by Gasteiger charge is -2.19. The van der Waals surface area contributed by atoms with E-state index in [0.717, 1.165) is 11.4 Å². The Bertz CT molecular complexity index is 560. The summed E-state index contributed by atoms with van der Waals surface area (Å²) in [5.74, 6) is 1.36. The van der Waals surface area contributed by atoms with E-state index < -0.39 is 0 Å². The van der Waals surface area contributed by atoms with Crippen molar-refractivity contribution in [3.05, 3.63) is 41.6 Å². The van der Waals surface area contributed by atoms with E-state index in [1.807, 2.05) is 42.3 Å². The Morgan fingerprint density at radius 2 is 1.95 bits per heavy atom. The second-order valence-corrected chi connectivity index (χ2v) is 5.18. The lowest BCUT2D eigenvalue weighted by atomic mass is 10.2. The van der Waals surface area contributed by atoms with Crippen LogP contribution in [0.15, 0.2) is 36.4 Å². The highest BCUT2D eigenvalue weighted by atomic mass is 35.5. The number of aliphatic hydroxyl groups is 1. The Morgan fingerprint density at radius 1 is 1.25 bits per heavy atom. The maximum absolute atomic E-state index is 9.35. The second kappa shape index (κ2) is 6.68. The molecule has 0 saturated carbocycles. The molecule has 1 heterocycles. The van der Waals surface area contributed by atoms with E-state index in [1.165, 1.54) is 0 Å². The molecule has 0 aliphatic heterocycles. The monoisotopic (exact) mass is 291 g/mol. The van der Waals surface area contributed by atoms with E-state index in [-0.39, 0.29) is 6.10 Å². The van der Waals surface area contributed by atoms with Crippen molar-refractivity contribution in [2.75, 3.05) is 18.5 Å². The SMILES string of the molecule is CC(O)CCN(C)c1cc(Cl)nc(-c2ccccc2)n1. The lowest BCUT2D eigenvalue weighted by molar-refractivity contribution is 0.187. The fourth-order valence-electron chi connectivity index (χ4n) is 1.81. The molecule has 1 unspecified atom stereocenters. The Hall–Kier alpha value is -1.65. The third-order valence-corrected chi connectivity index (χ3v) is 3.18. The van der Waals surface area contributed by atoms with Crippen molar-refractivity contribution in [1.82, 2.24) is 9.97 Å². The van der Waals surface area contributed by atoms with Gasteiger partial charge in [0, 0.05) is 25.2 Å². The molecule has 1 atom stereocenters. The summed E-state index contributed by atoms with van der Waals surface area (Å²) >= 11 is 6.08. The van der Waals surface area contributed by atoms with Gasteiger partial charge in [-0.25, -0.2) is 9.97 Å². The Labute approximate surface area is 124 Å². The first kappa shape index (κ1) is 14.8. The summed E-state index contributed by atoms with van der Waals surface area (Å²) in [6, 6.07) is 11.5. The summed E-state index contributed by atoms with van der Waals surface area (Å²) in [6.07, 6.45) is 0.349. The highest BCUT2D eigenvalue weighted by Crippen LogP contribution is 2.21. The van der Waals surface area contributed by atoms with Crippen molar-refractivity contribution in [2.24, 2.45) is 0 Å². The van der Waals surface area contributed by atoms with E-state index in [1.54, 1.807) is 13.0 Å². The molecule has 2 aromatic rings. The van der Waals surface area contributed by atoms with Gasteiger partial charge < -0.3 is 10.0 Å². The van der Waals surface area contributed by atoms with E-state index in [0.29, 0.717) is 23.9 Å². The van der Waals surface area contributed by atoms with Crippen LogP contribution in [0.4, 0.5) is 5.82 Å². The molecule has 5 heteroatoms. The Kier molecular flexibility index (Phi) is 4.93. The molecule has 2 rings (SSSR count). The van der Waals surface area contributed by atoms with Crippen LogP contribution < -0.4 is 4.90 Å². The van der Waals surface area contributed by atoms with Gasteiger partial charge in [0.2, 0.25) is 0 Å². The average Bonchev–Trinajstić information content (AvgIpc) is 2.45. The number of aromatic nitrogens is 2. The Balaban J connectivity index is 2.25. The summed E-state index contributed by atoms with van der Waals surface area (Å²) in [5, 5.41) is 9.76. The first-order valence-electron chi connectivity index (χ1n) is 6.55. The number of nitrogens with zero attached hydrogens (tertiary/aromatic N) is 3. The minimum atomic E-state index is -0.330. The summed E-state index contributed by atoms with van der Waals surface area (Å²) < 4.78 is 0. The molecule has 106 valence electrons. The molecule has 0 aliphatic carbocycles. The summed E-state index contributed by atoms with van der Waals surface area (Å²) in [7, 11) is 1.93. The van der Waals surface area contributed by atoms with Crippen LogP contribution in [-0.2, 0) is 0 Å². The number of hydrogen-bond acceptors (Lipinski definition) is 4. The van der Waals surface area contributed by atoms with E-state index >= 15 is 0 Å². The molecule has 0 amide bonds. The van der Waals surface area contributed by atoms with Crippen LogP contribution in [0.2, 0.25) is 5.15 Å². The maximum Gasteiger partial charge on any atom is 0.163 e. The van der Waals surface area contributed by atoms with Crippen LogP contribution >= 0.6 is 11.6 Å². The smallest absolute Gasteiger partial charge is 0.163 e. The summed E-state index contributed by atoms with van der Waals surface area (Å²) in [5.41, 5.74) is 0.931. The van der Waals surface area contributed by atoms with Crippen molar-refractivity contribution < 1.29 is 5.11 Å². The minimum absolute atomic E-state index is 0.330. The number of anilines is 1. The molecule has 0 saturated heterocycles. The summed E-state index contributed by atoms with van der Waals surface area (Å²) in [6.45, 7) is 2.48.